The van der Waals surface area contributed by atoms with E-state index < -0.39 is 5.91 Å². The van der Waals surface area contributed by atoms with E-state index in [2.05, 4.69) is 20.2 Å². The van der Waals surface area contributed by atoms with Crippen molar-refractivity contribution in [1.82, 2.24) is 29.4 Å². The number of nitrogens with zero attached hydrogens (tertiary/aromatic N) is 5. The summed E-state index contributed by atoms with van der Waals surface area (Å²) in [5.41, 5.74) is 7.40. The molecule has 5 rings (SSSR count). The molecule has 0 aliphatic carbocycles. The molecule has 0 spiro atoms. The number of benzene rings is 2. The number of carbonyl (C=O) groups excluding carboxylic acids is 1. The smallest absolute Gasteiger partial charge is 0.285 e. The number of fused-ring (bicyclic) bond motifs is 1. The SMILES string of the molecule is Cc1cc(N)n(C(=O)c2c(Cl)cccc2OCc2cc(=O)n3[nH]c(-c4ccccc4)nc3n2)n1. The Balaban J connectivity index is 1.45. The summed E-state index contributed by atoms with van der Waals surface area (Å²) in [5.74, 6) is 0.569. The highest BCUT2D eigenvalue weighted by atomic mass is 35.5. The number of aromatic amines is 1. The highest BCUT2D eigenvalue weighted by molar-refractivity contribution is 6.34. The zero-order valence-electron chi connectivity index (χ0n) is 17.9. The van der Waals surface area contributed by atoms with E-state index in [9.17, 15) is 9.59 Å². The first-order chi connectivity index (χ1) is 16.4. The number of hydrogen-bond acceptors (Lipinski definition) is 7. The predicted molar refractivity (Wildman–Crippen MR) is 126 cm³/mol. The molecular formula is C23H18ClN7O3. The first kappa shape index (κ1) is 21.4. The van der Waals surface area contributed by atoms with Gasteiger partial charge in [0.05, 0.1) is 16.4 Å². The van der Waals surface area contributed by atoms with Gasteiger partial charge in [0, 0.05) is 17.7 Å². The van der Waals surface area contributed by atoms with Crippen LogP contribution in [0.25, 0.3) is 17.2 Å². The Hall–Kier alpha value is -4.44. The van der Waals surface area contributed by atoms with Crippen molar-refractivity contribution in [2.24, 2.45) is 0 Å². The Morgan fingerprint density at radius 3 is 2.65 bits per heavy atom. The van der Waals surface area contributed by atoms with Crippen molar-refractivity contribution in [1.29, 1.82) is 0 Å². The van der Waals surface area contributed by atoms with E-state index in [1.54, 1.807) is 31.2 Å². The average Bonchev–Trinajstić information content (AvgIpc) is 3.41. The van der Waals surface area contributed by atoms with Crippen LogP contribution in [-0.4, -0.2) is 35.3 Å². The number of anilines is 1. The van der Waals surface area contributed by atoms with E-state index >= 15 is 0 Å². The first-order valence-corrected chi connectivity index (χ1v) is 10.6. The van der Waals surface area contributed by atoms with Crippen LogP contribution in [-0.2, 0) is 6.61 Å². The van der Waals surface area contributed by atoms with Crippen LogP contribution in [0.15, 0.2) is 65.5 Å². The van der Waals surface area contributed by atoms with Gasteiger partial charge in [0.2, 0.25) is 0 Å². The van der Waals surface area contributed by atoms with Gasteiger partial charge in [-0.1, -0.05) is 48.0 Å². The van der Waals surface area contributed by atoms with E-state index in [0.29, 0.717) is 17.2 Å². The maximum Gasteiger partial charge on any atom is 0.285 e. The number of aryl methyl sites for hydroxylation is 1. The van der Waals surface area contributed by atoms with Crippen molar-refractivity contribution in [3.05, 3.63) is 93.0 Å². The zero-order chi connectivity index (χ0) is 23.8. The fourth-order valence-electron chi connectivity index (χ4n) is 3.50. The Bertz CT molecular complexity index is 1590. The van der Waals surface area contributed by atoms with E-state index in [0.717, 1.165) is 10.2 Å². The number of rotatable bonds is 5. The summed E-state index contributed by atoms with van der Waals surface area (Å²) in [7, 11) is 0. The number of nitrogens with one attached hydrogen (secondary N) is 1. The van der Waals surface area contributed by atoms with Crippen molar-refractivity contribution < 1.29 is 9.53 Å². The van der Waals surface area contributed by atoms with Crippen LogP contribution in [0, 0.1) is 6.92 Å². The maximum absolute atomic E-state index is 13.1. The van der Waals surface area contributed by atoms with E-state index in [1.807, 2.05) is 30.3 Å². The number of halogens is 1. The van der Waals surface area contributed by atoms with Crippen LogP contribution < -0.4 is 16.0 Å². The molecule has 3 aromatic heterocycles. The largest absolute Gasteiger partial charge is 0.486 e. The zero-order valence-corrected chi connectivity index (χ0v) is 18.7. The predicted octanol–water partition coefficient (Wildman–Crippen LogP) is 3.09. The molecule has 10 nitrogen and oxygen atoms in total. The molecule has 0 bridgehead atoms. The number of carbonyl (C=O) groups is 1. The summed E-state index contributed by atoms with van der Waals surface area (Å²) < 4.78 is 8.17. The third-order valence-electron chi connectivity index (χ3n) is 5.05. The molecule has 11 heteroatoms. The van der Waals surface area contributed by atoms with Crippen LogP contribution in [0.2, 0.25) is 5.02 Å². The molecule has 0 amide bonds. The van der Waals surface area contributed by atoms with Crippen molar-refractivity contribution >= 4 is 29.1 Å². The third kappa shape index (κ3) is 3.90. The molecule has 34 heavy (non-hydrogen) atoms. The molecule has 0 atom stereocenters. The molecule has 0 aliphatic heterocycles. The van der Waals surface area contributed by atoms with Crippen molar-refractivity contribution in [2.75, 3.05) is 5.73 Å². The van der Waals surface area contributed by atoms with Gasteiger partial charge in [-0.05, 0) is 19.1 Å². The van der Waals surface area contributed by atoms with Gasteiger partial charge < -0.3 is 10.5 Å². The number of nitrogens with two attached hydrogens (primary N) is 1. The summed E-state index contributed by atoms with van der Waals surface area (Å²) >= 11 is 6.31. The second-order valence-electron chi connectivity index (χ2n) is 7.49. The summed E-state index contributed by atoms with van der Waals surface area (Å²) in [6, 6.07) is 17.1. The van der Waals surface area contributed by atoms with Gasteiger partial charge in [-0.15, -0.1) is 0 Å². The molecule has 0 fully saturated rings. The quantitative estimate of drug-likeness (QED) is 0.399. The van der Waals surface area contributed by atoms with E-state index in [4.69, 9.17) is 22.1 Å². The topological polar surface area (TPSA) is 133 Å². The first-order valence-electron chi connectivity index (χ1n) is 10.2. The average molecular weight is 476 g/mol. The summed E-state index contributed by atoms with van der Waals surface area (Å²) in [6.07, 6.45) is 0. The van der Waals surface area contributed by atoms with Gasteiger partial charge in [0.15, 0.2) is 5.82 Å². The van der Waals surface area contributed by atoms with Crippen LogP contribution in [0.4, 0.5) is 5.82 Å². The van der Waals surface area contributed by atoms with Gasteiger partial charge in [0.1, 0.15) is 23.7 Å². The molecule has 2 aromatic carbocycles. The van der Waals surface area contributed by atoms with Crippen LogP contribution in [0.5, 0.6) is 5.75 Å². The van der Waals surface area contributed by atoms with Gasteiger partial charge in [-0.25, -0.2) is 4.98 Å². The molecule has 0 saturated heterocycles. The Morgan fingerprint density at radius 1 is 1.12 bits per heavy atom. The van der Waals surface area contributed by atoms with Crippen LogP contribution >= 0.6 is 11.6 Å². The maximum atomic E-state index is 13.1. The molecule has 0 radical (unpaired) electrons. The molecule has 3 N–H and O–H groups in total. The standard InChI is InChI=1S/C23H18ClN7O3/c1-13-10-18(25)30(28-13)22(33)20-16(24)8-5-9-17(20)34-12-15-11-19(32)31-23(26-15)27-21(29-31)14-6-3-2-4-7-14/h2-11H,12,25H2,1H3,(H,26,27,29). The van der Waals surface area contributed by atoms with E-state index in [1.165, 1.54) is 10.6 Å². The lowest BCUT2D eigenvalue weighted by molar-refractivity contribution is 0.0943. The highest BCUT2D eigenvalue weighted by Crippen LogP contribution is 2.28. The number of ether oxygens (including phenoxy) is 1. The van der Waals surface area contributed by atoms with Gasteiger partial charge in [0.25, 0.3) is 17.2 Å². The Labute approximate surface area is 197 Å². The van der Waals surface area contributed by atoms with Gasteiger partial charge in [-0.3, -0.25) is 14.7 Å². The minimum absolute atomic E-state index is 0.0898. The second-order valence-corrected chi connectivity index (χ2v) is 7.90. The Morgan fingerprint density at radius 2 is 1.91 bits per heavy atom. The fourth-order valence-corrected chi connectivity index (χ4v) is 3.75. The lowest BCUT2D eigenvalue weighted by atomic mass is 10.2. The summed E-state index contributed by atoms with van der Waals surface area (Å²) in [6.45, 7) is 1.64. The van der Waals surface area contributed by atoms with Crippen LogP contribution in [0.3, 0.4) is 0 Å². The van der Waals surface area contributed by atoms with Gasteiger partial charge in [-0.2, -0.15) is 19.3 Å². The van der Waals surface area contributed by atoms with Crippen molar-refractivity contribution in [2.45, 2.75) is 13.5 Å². The molecule has 5 aromatic rings. The molecule has 0 unspecified atom stereocenters. The summed E-state index contributed by atoms with van der Waals surface area (Å²) in [4.78, 5) is 34.5. The fraction of sp³-hybridized carbons (Fsp3) is 0.0870. The minimum atomic E-state index is -0.533. The number of hydrogen-bond donors (Lipinski definition) is 2. The van der Waals surface area contributed by atoms with Crippen LogP contribution in [0.1, 0.15) is 21.7 Å². The number of H-pyrrole nitrogens is 1. The van der Waals surface area contributed by atoms with E-state index in [-0.39, 0.29) is 40.1 Å². The minimum Gasteiger partial charge on any atom is -0.486 e. The highest BCUT2D eigenvalue weighted by Gasteiger charge is 2.22. The lowest BCUT2D eigenvalue weighted by Crippen LogP contribution is -2.19. The summed E-state index contributed by atoms with van der Waals surface area (Å²) in [5, 5.41) is 7.24. The van der Waals surface area contributed by atoms with Crippen molar-refractivity contribution in [3.63, 3.8) is 0 Å². The number of nitrogen functional groups attached to an aromatic ring is 1. The second kappa shape index (κ2) is 8.49. The molecular weight excluding hydrogens is 458 g/mol. The molecule has 0 saturated carbocycles. The molecule has 0 aliphatic rings. The normalized spacial score (nSPS) is 11.1. The Kier molecular flexibility index (Phi) is 5.34. The van der Waals surface area contributed by atoms with Gasteiger partial charge >= 0.3 is 0 Å². The number of aromatic nitrogens is 6. The monoisotopic (exact) mass is 475 g/mol. The van der Waals surface area contributed by atoms with Crippen molar-refractivity contribution in [3.8, 4) is 17.1 Å². The third-order valence-corrected chi connectivity index (χ3v) is 5.36. The lowest BCUT2D eigenvalue weighted by Gasteiger charge is -2.12. The molecule has 3 heterocycles. The molecule has 170 valence electrons.